The van der Waals surface area contributed by atoms with Crippen LogP contribution in [0.15, 0.2) is 17.9 Å². The van der Waals surface area contributed by atoms with Crippen LogP contribution in [0.2, 0.25) is 0 Å². The van der Waals surface area contributed by atoms with E-state index in [4.69, 9.17) is 0 Å². The second kappa shape index (κ2) is 15.5. The van der Waals surface area contributed by atoms with Gasteiger partial charge in [0.15, 0.2) is 0 Å². The maximum absolute atomic E-state index is 3.22. The summed E-state index contributed by atoms with van der Waals surface area (Å²) in [5.41, 5.74) is 3.22. The average molecular weight is 236 g/mol. The maximum atomic E-state index is 3.22. The van der Waals surface area contributed by atoms with E-state index in [1.165, 1.54) is 70.6 Å². The molecule has 0 saturated heterocycles. The minimum Gasteiger partial charge on any atom is -0.130 e. The Morgan fingerprint density at radius 2 is 1.18 bits per heavy atom. The van der Waals surface area contributed by atoms with Gasteiger partial charge in [-0.2, -0.15) is 0 Å². The van der Waals surface area contributed by atoms with Gasteiger partial charge < -0.3 is 0 Å². The minimum atomic E-state index is 1.11. The van der Waals surface area contributed by atoms with Crippen LogP contribution in [0.4, 0.5) is 0 Å². The van der Waals surface area contributed by atoms with Crippen LogP contribution in [-0.2, 0) is 0 Å². The van der Waals surface area contributed by atoms with Gasteiger partial charge in [0.25, 0.3) is 0 Å². The lowest BCUT2D eigenvalue weighted by atomic mass is 10.1. The van der Waals surface area contributed by atoms with Gasteiger partial charge in [0.05, 0.1) is 0 Å². The van der Waals surface area contributed by atoms with Crippen molar-refractivity contribution in [1.82, 2.24) is 0 Å². The molecule has 0 rings (SSSR count). The molecule has 0 spiro atoms. The van der Waals surface area contributed by atoms with E-state index in [1.54, 1.807) is 0 Å². The van der Waals surface area contributed by atoms with E-state index in [-0.39, 0.29) is 0 Å². The van der Waals surface area contributed by atoms with Crippen LogP contribution in [-0.4, -0.2) is 0 Å². The molecule has 0 amide bonds. The normalized spacial score (nSPS) is 10.0. The van der Waals surface area contributed by atoms with Gasteiger partial charge in [0.2, 0.25) is 0 Å². The van der Waals surface area contributed by atoms with Crippen LogP contribution in [0, 0.1) is 0 Å². The number of unbranched alkanes of at least 4 members (excludes halogenated alkanes) is 10. The molecule has 0 aromatic heterocycles. The molecule has 0 radical (unpaired) electrons. The highest BCUT2D eigenvalue weighted by Crippen LogP contribution is 2.11. The summed E-state index contributed by atoms with van der Waals surface area (Å²) in [4.78, 5) is 0. The van der Waals surface area contributed by atoms with Crippen LogP contribution in [0.1, 0.15) is 90.9 Å². The Kier molecular flexibility index (Phi) is 15.1. The van der Waals surface area contributed by atoms with E-state index in [2.05, 4.69) is 31.7 Å². The first kappa shape index (κ1) is 16.5. The van der Waals surface area contributed by atoms with E-state index in [0.717, 1.165) is 6.42 Å². The largest absolute Gasteiger partial charge is 0.130 e. The molecule has 0 aliphatic rings. The lowest BCUT2D eigenvalue weighted by molar-refractivity contribution is 0.557. The molecule has 0 fully saturated rings. The maximum Gasteiger partial charge on any atom is -0.0274 e. The minimum absolute atomic E-state index is 1.11. The van der Waals surface area contributed by atoms with Crippen molar-refractivity contribution in [1.29, 1.82) is 0 Å². The van der Waals surface area contributed by atoms with Crippen molar-refractivity contribution in [2.45, 2.75) is 90.9 Å². The van der Waals surface area contributed by atoms with Gasteiger partial charge in [-0.25, -0.2) is 0 Å². The van der Waals surface area contributed by atoms with Gasteiger partial charge in [-0.3, -0.25) is 0 Å². The summed E-state index contributed by atoms with van der Waals surface area (Å²) in [5, 5.41) is 0. The quantitative estimate of drug-likeness (QED) is 0.271. The van der Waals surface area contributed by atoms with Crippen LogP contribution in [0.5, 0.6) is 0 Å². The summed E-state index contributed by atoms with van der Waals surface area (Å²) in [6, 6.07) is 0. The van der Waals surface area contributed by atoms with Crippen molar-refractivity contribution in [3.8, 4) is 0 Å². The summed E-state index contributed by atoms with van der Waals surface area (Å²) in [6.45, 7) is 4.44. The Hall–Kier alpha value is -0.480. The van der Waals surface area contributed by atoms with Gasteiger partial charge >= 0.3 is 0 Å². The summed E-state index contributed by atoms with van der Waals surface area (Å²) in [6.07, 6.45) is 20.8. The second-order valence-electron chi connectivity index (χ2n) is 4.95. The lowest BCUT2D eigenvalue weighted by Crippen LogP contribution is -1.81. The molecule has 17 heavy (non-hydrogen) atoms. The summed E-state index contributed by atoms with van der Waals surface area (Å²) in [7, 11) is 0. The fourth-order valence-electron chi connectivity index (χ4n) is 2.02. The number of hydrogen-bond donors (Lipinski definition) is 0. The van der Waals surface area contributed by atoms with E-state index in [1.807, 2.05) is 0 Å². The Morgan fingerprint density at radius 1 is 0.647 bits per heavy atom. The molecular weight excluding hydrogens is 204 g/mol. The molecule has 0 atom stereocenters. The zero-order valence-corrected chi connectivity index (χ0v) is 12.1. The van der Waals surface area contributed by atoms with E-state index >= 15 is 0 Å². The van der Waals surface area contributed by atoms with Crippen molar-refractivity contribution in [3.05, 3.63) is 17.9 Å². The molecule has 0 heteroatoms. The Morgan fingerprint density at radius 3 is 1.71 bits per heavy atom. The second-order valence-corrected chi connectivity index (χ2v) is 4.95. The van der Waals surface area contributed by atoms with Crippen LogP contribution in [0.25, 0.3) is 0 Å². The monoisotopic (exact) mass is 236 g/mol. The van der Waals surface area contributed by atoms with E-state index in [9.17, 15) is 0 Å². The first-order valence-electron chi connectivity index (χ1n) is 7.81. The number of rotatable bonds is 12. The molecule has 0 nitrogen and oxygen atoms in total. The zero-order chi connectivity index (χ0) is 12.6. The Bertz CT molecular complexity index is 184. The van der Waals surface area contributed by atoms with Crippen LogP contribution >= 0.6 is 0 Å². The Labute approximate surface area is 109 Å². The molecule has 0 aliphatic carbocycles. The summed E-state index contributed by atoms with van der Waals surface area (Å²) < 4.78 is 0. The highest BCUT2D eigenvalue weighted by molar-refractivity contribution is 4.83. The third-order valence-corrected chi connectivity index (χ3v) is 3.14. The third kappa shape index (κ3) is 15.5. The molecule has 0 saturated carbocycles. The smallest absolute Gasteiger partial charge is 0.0274 e. The summed E-state index contributed by atoms with van der Waals surface area (Å²) in [5.74, 6) is 0. The van der Waals surface area contributed by atoms with Crippen LogP contribution in [0.3, 0.4) is 0 Å². The predicted octanol–water partition coefficient (Wildman–Crippen LogP) is 6.42. The van der Waals surface area contributed by atoms with Gasteiger partial charge in [-0.05, 0) is 31.4 Å². The fourth-order valence-corrected chi connectivity index (χ4v) is 2.02. The standard InChI is InChI=1S/C17H32/c1-3-5-7-9-11-13-15-17-16-14-12-10-8-6-4-2/h5,9H,3-4,6,8,10-17H2,1-2H3. The topological polar surface area (TPSA) is 0 Å². The van der Waals surface area contributed by atoms with E-state index < -0.39 is 0 Å². The fraction of sp³-hybridized carbons (Fsp3) is 0.824. The van der Waals surface area contributed by atoms with Gasteiger partial charge in [0, 0.05) is 0 Å². The van der Waals surface area contributed by atoms with Crippen molar-refractivity contribution < 1.29 is 0 Å². The Balaban J connectivity index is 3.01. The highest BCUT2D eigenvalue weighted by Gasteiger charge is 1.91. The average Bonchev–Trinajstić information content (AvgIpc) is 2.35. The van der Waals surface area contributed by atoms with Crippen molar-refractivity contribution >= 4 is 0 Å². The molecule has 0 unspecified atom stereocenters. The molecule has 0 heterocycles. The first-order valence-corrected chi connectivity index (χ1v) is 7.81. The lowest BCUT2D eigenvalue weighted by Gasteiger charge is -2.00. The SMILES string of the molecule is CCC=C=CCCCCCCCCCCCC. The molecular formula is C17H32. The van der Waals surface area contributed by atoms with Crippen molar-refractivity contribution in [2.24, 2.45) is 0 Å². The molecule has 0 aromatic rings. The third-order valence-electron chi connectivity index (χ3n) is 3.14. The molecule has 0 bridgehead atoms. The first-order chi connectivity index (χ1) is 8.41. The van der Waals surface area contributed by atoms with Crippen molar-refractivity contribution in [2.75, 3.05) is 0 Å². The summed E-state index contributed by atoms with van der Waals surface area (Å²) >= 11 is 0. The van der Waals surface area contributed by atoms with Gasteiger partial charge in [0.1, 0.15) is 0 Å². The zero-order valence-electron chi connectivity index (χ0n) is 12.1. The highest BCUT2D eigenvalue weighted by atomic mass is 14.0. The van der Waals surface area contributed by atoms with Gasteiger partial charge in [-0.15, -0.1) is 5.73 Å². The van der Waals surface area contributed by atoms with E-state index in [0.29, 0.717) is 0 Å². The number of allylic oxidation sites excluding steroid dienone is 1. The number of hydrogen-bond acceptors (Lipinski definition) is 0. The van der Waals surface area contributed by atoms with Crippen LogP contribution < -0.4 is 0 Å². The van der Waals surface area contributed by atoms with Crippen molar-refractivity contribution in [3.63, 3.8) is 0 Å². The predicted molar refractivity (Wildman–Crippen MR) is 79.4 cm³/mol. The molecule has 100 valence electrons. The molecule has 0 aromatic carbocycles. The van der Waals surface area contributed by atoms with Gasteiger partial charge in [-0.1, -0.05) is 71.6 Å². The molecule has 0 N–H and O–H groups in total. The molecule has 0 aliphatic heterocycles.